The van der Waals surface area contributed by atoms with Gasteiger partial charge in [-0.15, -0.1) is 0 Å². The van der Waals surface area contributed by atoms with Crippen molar-refractivity contribution in [2.75, 3.05) is 33.9 Å². The fourth-order valence-corrected chi connectivity index (χ4v) is 2.93. The Morgan fingerprint density at radius 2 is 1.65 bits per heavy atom. The molecule has 0 saturated heterocycles. The number of benzene rings is 2. The summed E-state index contributed by atoms with van der Waals surface area (Å²) < 4.78 is 16.5. The first-order valence-electron chi connectivity index (χ1n) is 8.95. The SMILES string of the molecule is CCOC(C[NH2+]CCc1ccc(OC)c(OC)c1)Cc1ccccc1.[Cl-]. The van der Waals surface area contributed by atoms with E-state index in [4.69, 9.17) is 14.2 Å². The maximum Gasteiger partial charge on any atom is 0.160 e. The molecule has 0 amide bonds. The highest BCUT2D eigenvalue weighted by molar-refractivity contribution is 5.42. The summed E-state index contributed by atoms with van der Waals surface area (Å²) in [6.45, 7) is 4.80. The summed E-state index contributed by atoms with van der Waals surface area (Å²) in [4.78, 5) is 0. The molecule has 0 aliphatic rings. The number of quaternary nitrogens is 1. The third-order valence-corrected chi connectivity index (χ3v) is 4.22. The molecular weight excluding hydrogens is 350 g/mol. The third kappa shape index (κ3) is 7.24. The molecule has 0 radical (unpaired) electrons. The second kappa shape index (κ2) is 12.6. The summed E-state index contributed by atoms with van der Waals surface area (Å²) in [6.07, 6.45) is 2.20. The zero-order valence-electron chi connectivity index (χ0n) is 15.9. The van der Waals surface area contributed by atoms with Crippen molar-refractivity contribution in [2.24, 2.45) is 0 Å². The van der Waals surface area contributed by atoms with Crippen LogP contribution in [0.25, 0.3) is 0 Å². The van der Waals surface area contributed by atoms with E-state index in [1.807, 2.05) is 6.07 Å². The van der Waals surface area contributed by atoms with Crippen molar-refractivity contribution in [3.05, 3.63) is 59.7 Å². The van der Waals surface area contributed by atoms with Gasteiger partial charge >= 0.3 is 0 Å². The molecule has 2 aromatic carbocycles. The van der Waals surface area contributed by atoms with Gasteiger partial charge < -0.3 is 31.9 Å². The Labute approximate surface area is 163 Å². The van der Waals surface area contributed by atoms with Crippen LogP contribution in [-0.2, 0) is 17.6 Å². The first kappa shape index (κ1) is 22.3. The number of methoxy groups -OCH3 is 2. The van der Waals surface area contributed by atoms with Gasteiger partial charge in [-0.25, -0.2) is 0 Å². The molecule has 26 heavy (non-hydrogen) atoms. The molecule has 0 fully saturated rings. The van der Waals surface area contributed by atoms with E-state index in [1.165, 1.54) is 11.1 Å². The van der Waals surface area contributed by atoms with E-state index in [9.17, 15) is 0 Å². The van der Waals surface area contributed by atoms with Gasteiger partial charge in [0.2, 0.25) is 0 Å². The highest BCUT2D eigenvalue weighted by Crippen LogP contribution is 2.27. The van der Waals surface area contributed by atoms with Crippen LogP contribution in [0.15, 0.2) is 48.5 Å². The van der Waals surface area contributed by atoms with Crippen LogP contribution in [-0.4, -0.2) is 40.0 Å². The minimum atomic E-state index is 0. The van der Waals surface area contributed by atoms with Gasteiger partial charge in [-0.1, -0.05) is 36.4 Å². The molecule has 0 bridgehead atoms. The quantitative estimate of drug-likeness (QED) is 0.533. The van der Waals surface area contributed by atoms with Crippen molar-refractivity contribution in [1.82, 2.24) is 0 Å². The molecule has 1 atom stereocenters. The number of hydrogen-bond donors (Lipinski definition) is 1. The van der Waals surface area contributed by atoms with Crippen molar-refractivity contribution < 1.29 is 31.9 Å². The molecule has 144 valence electrons. The Morgan fingerprint density at radius 3 is 2.31 bits per heavy atom. The Balaban J connectivity index is 0.00000338. The largest absolute Gasteiger partial charge is 1.00 e. The van der Waals surface area contributed by atoms with Gasteiger partial charge in [-0.05, 0) is 30.2 Å². The van der Waals surface area contributed by atoms with Gasteiger partial charge in [0, 0.05) is 19.4 Å². The van der Waals surface area contributed by atoms with Crippen LogP contribution >= 0.6 is 0 Å². The molecule has 0 aliphatic carbocycles. The second-order valence-corrected chi connectivity index (χ2v) is 6.02. The lowest BCUT2D eigenvalue weighted by molar-refractivity contribution is -0.660. The summed E-state index contributed by atoms with van der Waals surface area (Å²) >= 11 is 0. The number of nitrogens with two attached hydrogens (primary N) is 1. The lowest BCUT2D eigenvalue weighted by Crippen LogP contribution is -3.00. The minimum Gasteiger partial charge on any atom is -1.00 e. The summed E-state index contributed by atoms with van der Waals surface area (Å²) in [6, 6.07) is 16.7. The molecule has 0 saturated carbocycles. The van der Waals surface area contributed by atoms with Gasteiger partial charge in [0.25, 0.3) is 0 Å². The highest BCUT2D eigenvalue weighted by Gasteiger charge is 2.12. The van der Waals surface area contributed by atoms with Gasteiger partial charge in [0.1, 0.15) is 12.6 Å². The monoisotopic (exact) mass is 379 g/mol. The summed E-state index contributed by atoms with van der Waals surface area (Å²) in [5, 5.41) is 2.33. The van der Waals surface area contributed by atoms with E-state index < -0.39 is 0 Å². The Bertz CT molecular complexity index is 622. The molecule has 5 heteroatoms. The van der Waals surface area contributed by atoms with Gasteiger partial charge in [-0.3, -0.25) is 0 Å². The molecule has 1 unspecified atom stereocenters. The molecule has 0 aliphatic heterocycles. The number of hydrogen-bond acceptors (Lipinski definition) is 3. The number of halogens is 1. The normalized spacial score (nSPS) is 11.5. The van der Waals surface area contributed by atoms with Crippen LogP contribution < -0.4 is 27.2 Å². The third-order valence-electron chi connectivity index (χ3n) is 4.22. The lowest BCUT2D eigenvalue weighted by atomic mass is 10.1. The van der Waals surface area contributed by atoms with Crippen LogP contribution in [0.4, 0.5) is 0 Å². The van der Waals surface area contributed by atoms with Crippen LogP contribution in [0.3, 0.4) is 0 Å². The molecule has 0 aromatic heterocycles. The van der Waals surface area contributed by atoms with Crippen molar-refractivity contribution in [3.63, 3.8) is 0 Å². The molecule has 4 nitrogen and oxygen atoms in total. The van der Waals surface area contributed by atoms with Crippen LogP contribution in [0, 0.1) is 0 Å². The Kier molecular flexibility index (Phi) is 10.8. The van der Waals surface area contributed by atoms with Gasteiger partial charge in [0.05, 0.1) is 20.8 Å². The molecule has 2 rings (SSSR count). The minimum absolute atomic E-state index is 0. The van der Waals surface area contributed by atoms with Crippen molar-refractivity contribution in [3.8, 4) is 11.5 Å². The lowest BCUT2D eigenvalue weighted by Gasteiger charge is -2.16. The number of ether oxygens (including phenoxy) is 3. The number of rotatable bonds is 11. The predicted octanol–water partition coefficient (Wildman–Crippen LogP) is -0.538. The summed E-state index contributed by atoms with van der Waals surface area (Å²) in [7, 11) is 3.33. The highest BCUT2D eigenvalue weighted by atomic mass is 35.5. The van der Waals surface area contributed by atoms with E-state index >= 15 is 0 Å². The summed E-state index contributed by atoms with van der Waals surface area (Å²) in [5.41, 5.74) is 2.58. The van der Waals surface area contributed by atoms with Gasteiger partial charge in [0.15, 0.2) is 11.5 Å². The molecule has 0 spiro atoms. The summed E-state index contributed by atoms with van der Waals surface area (Å²) in [5.74, 6) is 1.56. The molecular formula is C21H30ClNO3. The zero-order chi connectivity index (χ0) is 17.9. The maximum atomic E-state index is 5.90. The van der Waals surface area contributed by atoms with Crippen LogP contribution in [0.5, 0.6) is 11.5 Å². The fourth-order valence-electron chi connectivity index (χ4n) is 2.93. The van der Waals surface area contributed by atoms with Crippen molar-refractivity contribution >= 4 is 0 Å². The van der Waals surface area contributed by atoms with E-state index in [0.717, 1.165) is 44.0 Å². The first-order chi connectivity index (χ1) is 12.3. The van der Waals surface area contributed by atoms with Crippen molar-refractivity contribution in [1.29, 1.82) is 0 Å². The Hall–Kier alpha value is -1.75. The average Bonchev–Trinajstić information content (AvgIpc) is 2.66. The second-order valence-electron chi connectivity index (χ2n) is 6.02. The smallest absolute Gasteiger partial charge is 0.160 e. The maximum absolute atomic E-state index is 5.90. The van der Waals surface area contributed by atoms with E-state index in [0.29, 0.717) is 0 Å². The van der Waals surface area contributed by atoms with Crippen LogP contribution in [0.1, 0.15) is 18.1 Å². The van der Waals surface area contributed by atoms with E-state index in [1.54, 1.807) is 14.2 Å². The van der Waals surface area contributed by atoms with Crippen molar-refractivity contribution in [2.45, 2.75) is 25.9 Å². The predicted molar refractivity (Wildman–Crippen MR) is 100 cm³/mol. The molecule has 2 aromatic rings. The Morgan fingerprint density at radius 1 is 0.923 bits per heavy atom. The standard InChI is InChI=1S/C21H29NO3.ClH/c1-4-25-19(14-17-8-6-5-7-9-17)16-22-13-12-18-10-11-20(23-2)21(15-18)24-3;/h5-11,15,19,22H,4,12-14,16H2,1-3H3;1H. The van der Waals surface area contributed by atoms with E-state index in [2.05, 4.69) is 54.7 Å². The van der Waals surface area contributed by atoms with Crippen LogP contribution in [0.2, 0.25) is 0 Å². The average molecular weight is 380 g/mol. The molecule has 2 N–H and O–H groups in total. The zero-order valence-corrected chi connectivity index (χ0v) is 16.7. The van der Waals surface area contributed by atoms with E-state index in [-0.39, 0.29) is 18.5 Å². The van der Waals surface area contributed by atoms with Gasteiger partial charge in [-0.2, -0.15) is 0 Å². The topological polar surface area (TPSA) is 44.3 Å². The fraction of sp³-hybridized carbons (Fsp3) is 0.429. The first-order valence-corrected chi connectivity index (χ1v) is 8.95. The molecule has 0 heterocycles.